The van der Waals surface area contributed by atoms with Crippen molar-refractivity contribution in [2.75, 3.05) is 37.2 Å². The zero-order valence-electron chi connectivity index (χ0n) is 41.1. The molecule has 4 amide bonds. The lowest BCUT2D eigenvalue weighted by molar-refractivity contribution is -0.0642. The molecule has 4 aromatic heterocycles. The van der Waals surface area contributed by atoms with Crippen LogP contribution in [0.15, 0.2) is 85.7 Å². The molecule has 0 bridgehead atoms. The number of carbonyl (C=O) groups is 3. The Morgan fingerprint density at radius 2 is 1.31 bits per heavy atom. The van der Waals surface area contributed by atoms with E-state index in [1.165, 1.54) is 12.4 Å². The highest BCUT2D eigenvalue weighted by Crippen LogP contribution is 2.24. The van der Waals surface area contributed by atoms with Crippen LogP contribution in [0.4, 0.5) is 31.7 Å². The number of benzene rings is 2. The van der Waals surface area contributed by atoms with Gasteiger partial charge in [-0.05, 0) is 120 Å². The zero-order chi connectivity index (χ0) is 50.5. The number of hydrogen-bond acceptors (Lipinski definition) is 14. The minimum absolute atomic E-state index is 0.0559. The van der Waals surface area contributed by atoms with Gasteiger partial charge in [0.05, 0.1) is 91.9 Å². The van der Waals surface area contributed by atoms with Gasteiger partial charge in [0.15, 0.2) is 0 Å². The molecule has 2 aliphatic rings. The van der Waals surface area contributed by atoms with Crippen molar-refractivity contribution in [2.24, 2.45) is 0 Å². The van der Waals surface area contributed by atoms with E-state index in [1.807, 2.05) is 84.0 Å². The summed E-state index contributed by atoms with van der Waals surface area (Å²) < 4.78 is 17.5. The van der Waals surface area contributed by atoms with Crippen molar-refractivity contribution in [1.82, 2.24) is 60.3 Å². The molecule has 6 N–H and O–H groups in total. The normalized spacial score (nSPS) is 13.6. The molecular formula is C49H63ClN14O6. The first-order valence-corrected chi connectivity index (χ1v) is 23.3. The highest BCUT2D eigenvalue weighted by molar-refractivity contribution is 6.28. The molecule has 0 unspecified atom stereocenters. The summed E-state index contributed by atoms with van der Waals surface area (Å²) in [6.07, 6.45) is 9.72. The summed E-state index contributed by atoms with van der Waals surface area (Å²) in [6.45, 7) is 21.0. The van der Waals surface area contributed by atoms with Gasteiger partial charge in [-0.1, -0.05) is 24.3 Å². The van der Waals surface area contributed by atoms with Crippen molar-refractivity contribution < 1.29 is 28.6 Å². The predicted octanol–water partition coefficient (Wildman–Crippen LogP) is 7.91. The molecule has 8 rings (SSSR count). The van der Waals surface area contributed by atoms with Crippen LogP contribution in [0.25, 0.3) is 22.5 Å². The van der Waals surface area contributed by atoms with E-state index in [1.54, 1.807) is 55.4 Å². The summed E-state index contributed by atoms with van der Waals surface area (Å²) in [7, 11) is 0. The van der Waals surface area contributed by atoms with Gasteiger partial charge in [-0.2, -0.15) is 14.9 Å². The number of ether oxygens (including phenoxy) is 3. The van der Waals surface area contributed by atoms with Crippen molar-refractivity contribution in [1.29, 1.82) is 0 Å². The lowest BCUT2D eigenvalue weighted by Crippen LogP contribution is -2.58. The number of amides is 4. The Hall–Kier alpha value is -7.16. The Morgan fingerprint density at radius 3 is 1.76 bits per heavy atom. The standard InChI is InChI=1S/C22H27N7O2.C19H23ClN4O2.C8H13N3O2/c1-14(2)31-19-12-29(13-19)22(30)24-9-17-5-4-16(8-15(17)3)20-6-7-23-21(28-20)27-18-10-25-26-11-18;1-12(2)26-16-10-24(11-16)19(25)22-9-15-5-4-14(8-13(15)3)17-6-7-21-18(20)23-17;1-8(2,3)13-7(12)11-5-6(9)4-10-11/h4-8,10-11,14,19H,9,12-13H2,1-3H3,(H,24,30)(H,25,26)(H,23,27,28);4-8,12,16H,9-11H2,1-3H3,(H,22,25);4-5H,9H2,1-3H3. The second-order valence-electron chi connectivity index (χ2n) is 18.3. The fourth-order valence-corrected chi connectivity index (χ4v) is 7.24. The van der Waals surface area contributed by atoms with Crippen LogP contribution < -0.4 is 21.7 Å². The van der Waals surface area contributed by atoms with E-state index in [0.717, 1.165) is 55.1 Å². The number of nitrogens with two attached hydrogens (primary N) is 1. The van der Waals surface area contributed by atoms with E-state index in [4.69, 9.17) is 31.5 Å². The van der Waals surface area contributed by atoms with E-state index in [-0.39, 0.29) is 41.8 Å². The van der Waals surface area contributed by atoms with Gasteiger partial charge in [-0.25, -0.2) is 34.3 Å². The van der Waals surface area contributed by atoms with Crippen LogP contribution in [0.1, 0.15) is 70.7 Å². The van der Waals surface area contributed by atoms with Crippen molar-refractivity contribution in [2.45, 2.75) is 105 Å². The lowest BCUT2D eigenvalue weighted by atomic mass is 10.0. The van der Waals surface area contributed by atoms with E-state index in [0.29, 0.717) is 50.9 Å². The number of nitrogen functional groups attached to an aromatic ring is 1. The maximum atomic E-state index is 12.3. The van der Waals surface area contributed by atoms with Gasteiger partial charge in [-0.3, -0.25) is 5.10 Å². The molecular weight excluding hydrogens is 916 g/mol. The number of aryl methyl sites for hydroxylation is 2. The van der Waals surface area contributed by atoms with E-state index in [2.05, 4.69) is 57.2 Å². The summed E-state index contributed by atoms with van der Waals surface area (Å²) in [5.74, 6) is 0.502. The summed E-state index contributed by atoms with van der Waals surface area (Å²) >= 11 is 5.85. The second-order valence-corrected chi connectivity index (χ2v) is 18.6. The average molecular weight is 980 g/mol. The summed E-state index contributed by atoms with van der Waals surface area (Å²) in [5, 5.41) is 19.7. The molecule has 2 fully saturated rings. The first kappa shape index (κ1) is 52.2. The van der Waals surface area contributed by atoms with Crippen LogP contribution in [0, 0.1) is 13.8 Å². The quantitative estimate of drug-likeness (QED) is 0.0732. The Morgan fingerprint density at radius 1 is 0.786 bits per heavy atom. The summed E-state index contributed by atoms with van der Waals surface area (Å²) in [4.78, 5) is 56.3. The number of nitrogens with zero attached hydrogens (tertiary/aromatic N) is 9. The molecule has 0 radical (unpaired) electrons. The Balaban J connectivity index is 0.000000186. The van der Waals surface area contributed by atoms with Gasteiger partial charge in [-0.15, -0.1) is 0 Å². The van der Waals surface area contributed by atoms with Gasteiger partial charge >= 0.3 is 18.2 Å². The van der Waals surface area contributed by atoms with Crippen molar-refractivity contribution in [3.63, 3.8) is 0 Å². The van der Waals surface area contributed by atoms with Gasteiger partial charge in [0.25, 0.3) is 0 Å². The second kappa shape index (κ2) is 23.9. The zero-order valence-corrected chi connectivity index (χ0v) is 41.8. The molecule has 372 valence electrons. The van der Waals surface area contributed by atoms with E-state index in [9.17, 15) is 14.4 Å². The molecule has 0 spiro atoms. The van der Waals surface area contributed by atoms with Crippen molar-refractivity contribution in [3.8, 4) is 22.5 Å². The molecule has 6 aromatic rings. The number of nitrogens with one attached hydrogen (secondary N) is 4. The Labute approximate surface area is 413 Å². The molecule has 20 nitrogen and oxygen atoms in total. The maximum Gasteiger partial charge on any atom is 0.435 e. The first-order chi connectivity index (χ1) is 33.3. The molecule has 2 aliphatic heterocycles. The van der Waals surface area contributed by atoms with Crippen LogP contribution >= 0.6 is 11.6 Å². The van der Waals surface area contributed by atoms with E-state index >= 15 is 0 Å². The molecule has 21 heteroatoms. The summed E-state index contributed by atoms with van der Waals surface area (Å²) in [6, 6.07) is 15.7. The molecule has 0 atom stereocenters. The number of hydrogen-bond donors (Lipinski definition) is 5. The monoisotopic (exact) mass is 978 g/mol. The van der Waals surface area contributed by atoms with Gasteiger partial charge in [0.2, 0.25) is 11.2 Å². The molecule has 0 aliphatic carbocycles. The van der Waals surface area contributed by atoms with Crippen LogP contribution in [0.5, 0.6) is 0 Å². The minimum atomic E-state index is -0.524. The number of likely N-dealkylation sites (tertiary alicyclic amines) is 2. The van der Waals surface area contributed by atoms with Crippen molar-refractivity contribution in [3.05, 3.63) is 113 Å². The number of urea groups is 2. The van der Waals surface area contributed by atoms with Gasteiger partial charge in [0.1, 0.15) is 5.60 Å². The topological polar surface area (TPSA) is 246 Å². The number of halogens is 1. The summed E-state index contributed by atoms with van der Waals surface area (Å²) in [5.41, 5.74) is 14.0. The molecule has 70 heavy (non-hydrogen) atoms. The van der Waals surface area contributed by atoms with E-state index < -0.39 is 11.7 Å². The van der Waals surface area contributed by atoms with Crippen LogP contribution in [-0.2, 0) is 27.3 Å². The fraction of sp³-hybridized carbons (Fsp3) is 0.408. The number of carbonyl (C=O) groups excluding carboxylic acids is 3. The molecule has 6 heterocycles. The number of rotatable bonds is 12. The molecule has 2 aromatic carbocycles. The fourth-order valence-electron chi connectivity index (χ4n) is 7.09. The third-order valence-electron chi connectivity index (χ3n) is 10.6. The third-order valence-corrected chi connectivity index (χ3v) is 10.7. The Bertz CT molecular complexity index is 2680. The number of aromatic amines is 1. The van der Waals surface area contributed by atoms with Gasteiger partial charge < -0.3 is 45.7 Å². The number of H-pyrrole nitrogens is 1. The first-order valence-electron chi connectivity index (χ1n) is 23.0. The maximum absolute atomic E-state index is 12.3. The van der Waals surface area contributed by atoms with Crippen LogP contribution in [0.2, 0.25) is 5.28 Å². The Kier molecular flexibility index (Phi) is 17.8. The highest BCUT2D eigenvalue weighted by Gasteiger charge is 2.33. The van der Waals surface area contributed by atoms with Crippen LogP contribution in [-0.4, -0.2) is 124 Å². The van der Waals surface area contributed by atoms with Crippen molar-refractivity contribution >= 4 is 47.1 Å². The third kappa shape index (κ3) is 15.7. The highest BCUT2D eigenvalue weighted by atomic mass is 35.5. The largest absolute Gasteiger partial charge is 0.442 e. The minimum Gasteiger partial charge on any atom is -0.442 e. The molecule has 0 saturated carbocycles. The lowest BCUT2D eigenvalue weighted by Gasteiger charge is -2.39. The number of aromatic nitrogens is 8. The number of anilines is 3. The van der Waals surface area contributed by atoms with Crippen LogP contribution in [0.3, 0.4) is 0 Å². The van der Waals surface area contributed by atoms with Gasteiger partial charge in [0, 0.05) is 42.8 Å². The molecule has 2 saturated heterocycles. The SMILES string of the molecule is CC(C)(C)OC(=O)n1cc(N)cn1.Cc1cc(-c2ccnc(Cl)n2)ccc1CNC(=O)N1CC(OC(C)C)C1.Cc1cc(-c2ccnc(Nc3cn[nH]c3)n2)ccc1CNC(=O)N1CC(OC(C)C)C1. The average Bonchev–Trinajstić information content (AvgIpc) is 3.96. The predicted molar refractivity (Wildman–Crippen MR) is 267 cm³/mol. The smallest absolute Gasteiger partial charge is 0.435 e.